The van der Waals surface area contributed by atoms with E-state index in [-0.39, 0.29) is 12.0 Å². The largest absolute Gasteiger partial charge is 0.372 e. The average molecular weight is 336 g/mol. The lowest BCUT2D eigenvalue weighted by Crippen LogP contribution is -2.05. The highest BCUT2D eigenvalue weighted by atomic mass is 32.2. The molecule has 0 spiro atoms. The van der Waals surface area contributed by atoms with E-state index in [0.29, 0.717) is 6.61 Å². The molecule has 2 aromatic rings. The summed E-state index contributed by atoms with van der Waals surface area (Å²) in [6, 6.07) is 7.83. The molecule has 1 aromatic heterocycles. The number of carbonyl (C=O) groups is 1. The number of thiazole rings is 1. The van der Waals surface area contributed by atoms with Gasteiger partial charge in [-0.3, -0.25) is 4.79 Å². The zero-order valence-corrected chi connectivity index (χ0v) is 14.6. The van der Waals surface area contributed by atoms with Crippen molar-refractivity contribution >= 4 is 34.7 Å². The van der Waals surface area contributed by atoms with Crippen LogP contribution >= 0.6 is 23.1 Å². The Balaban J connectivity index is 1.88. The molecule has 0 saturated heterocycles. The molecule has 22 heavy (non-hydrogen) atoms. The molecular formula is C16H20N2O2S2. The van der Waals surface area contributed by atoms with Gasteiger partial charge in [0.1, 0.15) is 11.1 Å². The van der Waals surface area contributed by atoms with Crippen molar-refractivity contribution < 1.29 is 9.53 Å². The number of hydrogen-bond acceptors (Lipinski definition) is 5. The molecule has 1 amide bonds. The highest BCUT2D eigenvalue weighted by Crippen LogP contribution is 2.27. The SMILES string of the molecule is CCO[C@H](C)c1nc(CSc2ccc(NC(C)=O)cc2)cs1. The number of nitrogens with zero attached hydrogens (tertiary/aromatic N) is 1. The van der Waals surface area contributed by atoms with Gasteiger partial charge >= 0.3 is 0 Å². The van der Waals surface area contributed by atoms with Crippen LogP contribution < -0.4 is 5.32 Å². The summed E-state index contributed by atoms with van der Waals surface area (Å²) in [5.74, 6) is 0.772. The van der Waals surface area contributed by atoms with Crippen LogP contribution in [0.15, 0.2) is 34.5 Å². The van der Waals surface area contributed by atoms with Gasteiger partial charge in [-0.1, -0.05) is 0 Å². The van der Waals surface area contributed by atoms with Crippen LogP contribution in [0.4, 0.5) is 5.69 Å². The van der Waals surface area contributed by atoms with Crippen LogP contribution in [0.3, 0.4) is 0 Å². The van der Waals surface area contributed by atoms with Crippen molar-refractivity contribution in [3.05, 3.63) is 40.3 Å². The molecule has 6 heteroatoms. The second kappa shape index (κ2) is 8.31. The fraction of sp³-hybridized carbons (Fsp3) is 0.375. The van der Waals surface area contributed by atoms with Crippen molar-refractivity contribution in [2.24, 2.45) is 0 Å². The average Bonchev–Trinajstić information content (AvgIpc) is 2.95. The first kappa shape index (κ1) is 17.0. The Hall–Kier alpha value is -1.37. The molecule has 0 saturated carbocycles. The van der Waals surface area contributed by atoms with E-state index in [0.717, 1.165) is 27.0 Å². The lowest BCUT2D eigenvalue weighted by Gasteiger charge is -2.07. The number of ether oxygens (including phenoxy) is 1. The minimum Gasteiger partial charge on any atom is -0.372 e. The van der Waals surface area contributed by atoms with Crippen LogP contribution in [0.2, 0.25) is 0 Å². The summed E-state index contributed by atoms with van der Waals surface area (Å²) in [5, 5.41) is 5.87. The van der Waals surface area contributed by atoms with Crippen LogP contribution in [0.5, 0.6) is 0 Å². The van der Waals surface area contributed by atoms with Gasteiger partial charge in [0.2, 0.25) is 5.91 Å². The van der Waals surface area contributed by atoms with Crippen molar-refractivity contribution in [3.63, 3.8) is 0 Å². The lowest BCUT2D eigenvalue weighted by molar-refractivity contribution is -0.114. The van der Waals surface area contributed by atoms with Gasteiger partial charge in [0, 0.05) is 35.2 Å². The van der Waals surface area contributed by atoms with Crippen LogP contribution in [0.1, 0.15) is 37.6 Å². The number of aromatic nitrogens is 1. The highest BCUT2D eigenvalue weighted by molar-refractivity contribution is 7.98. The third-order valence-electron chi connectivity index (χ3n) is 2.90. The number of nitrogens with one attached hydrogen (secondary N) is 1. The van der Waals surface area contributed by atoms with Gasteiger partial charge in [0.15, 0.2) is 0 Å². The third kappa shape index (κ3) is 5.12. The summed E-state index contributed by atoms with van der Waals surface area (Å²) in [6.07, 6.45) is 0.0608. The second-order valence-corrected chi connectivity index (χ2v) is 6.71. The number of carbonyl (C=O) groups excluding carboxylic acids is 1. The summed E-state index contributed by atoms with van der Waals surface area (Å²) in [5.41, 5.74) is 1.89. The van der Waals surface area contributed by atoms with E-state index < -0.39 is 0 Å². The third-order valence-corrected chi connectivity index (χ3v) is 5.00. The quantitative estimate of drug-likeness (QED) is 0.757. The normalized spacial score (nSPS) is 12.1. The Morgan fingerprint density at radius 1 is 1.41 bits per heavy atom. The zero-order valence-electron chi connectivity index (χ0n) is 13.0. The Labute approximate surface area is 139 Å². The second-order valence-electron chi connectivity index (χ2n) is 4.77. The van der Waals surface area contributed by atoms with Crippen LogP contribution in [0.25, 0.3) is 0 Å². The number of thioether (sulfide) groups is 1. The summed E-state index contributed by atoms with van der Waals surface area (Å²) in [6.45, 7) is 6.22. The topological polar surface area (TPSA) is 51.2 Å². The molecule has 1 heterocycles. The van der Waals surface area contributed by atoms with E-state index in [2.05, 4.69) is 15.7 Å². The molecular weight excluding hydrogens is 316 g/mol. The monoisotopic (exact) mass is 336 g/mol. The molecule has 0 aliphatic carbocycles. The Morgan fingerprint density at radius 3 is 2.77 bits per heavy atom. The standard InChI is InChI=1S/C16H20N2O2S2/c1-4-20-11(2)16-18-14(10-22-16)9-21-15-7-5-13(6-8-15)17-12(3)19/h5-8,10-11H,4,9H2,1-3H3,(H,17,19)/t11-/m1/s1. The first-order valence-corrected chi connectivity index (χ1v) is 9.01. The first-order valence-electron chi connectivity index (χ1n) is 7.15. The van der Waals surface area contributed by atoms with Crippen LogP contribution in [-0.4, -0.2) is 17.5 Å². The van der Waals surface area contributed by atoms with E-state index in [1.54, 1.807) is 23.1 Å². The molecule has 118 valence electrons. The number of hydrogen-bond donors (Lipinski definition) is 1. The summed E-state index contributed by atoms with van der Waals surface area (Å²) in [7, 11) is 0. The fourth-order valence-electron chi connectivity index (χ4n) is 1.89. The molecule has 1 aromatic carbocycles. The molecule has 1 atom stereocenters. The molecule has 0 radical (unpaired) electrons. The molecule has 2 rings (SSSR count). The number of anilines is 1. The van der Waals surface area contributed by atoms with Gasteiger partial charge in [0.25, 0.3) is 0 Å². The molecule has 0 aliphatic heterocycles. The van der Waals surface area contributed by atoms with E-state index >= 15 is 0 Å². The van der Waals surface area contributed by atoms with Crippen molar-refractivity contribution in [2.45, 2.75) is 37.5 Å². The molecule has 0 bridgehead atoms. The smallest absolute Gasteiger partial charge is 0.221 e. The number of benzene rings is 1. The van der Waals surface area contributed by atoms with Crippen molar-refractivity contribution in [2.75, 3.05) is 11.9 Å². The van der Waals surface area contributed by atoms with Gasteiger partial charge in [-0.15, -0.1) is 23.1 Å². The number of rotatable bonds is 7. The molecule has 0 unspecified atom stereocenters. The fourth-order valence-corrected chi connectivity index (χ4v) is 3.61. The Kier molecular flexibility index (Phi) is 6.42. The van der Waals surface area contributed by atoms with Crippen molar-refractivity contribution in [1.29, 1.82) is 0 Å². The molecule has 0 aliphatic rings. The minimum atomic E-state index is -0.0566. The predicted octanol–water partition coefficient (Wildman–Crippen LogP) is 4.49. The summed E-state index contributed by atoms with van der Waals surface area (Å²) < 4.78 is 5.56. The summed E-state index contributed by atoms with van der Waals surface area (Å²) >= 11 is 3.38. The lowest BCUT2D eigenvalue weighted by atomic mass is 10.3. The van der Waals surface area contributed by atoms with E-state index in [9.17, 15) is 4.79 Å². The van der Waals surface area contributed by atoms with Crippen molar-refractivity contribution in [1.82, 2.24) is 4.98 Å². The van der Waals surface area contributed by atoms with Gasteiger partial charge < -0.3 is 10.1 Å². The van der Waals surface area contributed by atoms with Gasteiger partial charge in [0.05, 0.1) is 5.69 Å². The zero-order chi connectivity index (χ0) is 15.9. The van der Waals surface area contributed by atoms with Crippen LogP contribution in [0, 0.1) is 0 Å². The molecule has 0 fully saturated rings. The summed E-state index contributed by atoms with van der Waals surface area (Å²) in [4.78, 5) is 16.7. The molecule has 4 nitrogen and oxygen atoms in total. The first-order chi connectivity index (χ1) is 10.6. The maximum Gasteiger partial charge on any atom is 0.221 e. The van der Waals surface area contributed by atoms with E-state index in [4.69, 9.17) is 4.74 Å². The van der Waals surface area contributed by atoms with E-state index in [1.807, 2.05) is 38.1 Å². The molecule has 1 N–H and O–H groups in total. The van der Waals surface area contributed by atoms with E-state index in [1.165, 1.54) is 6.92 Å². The minimum absolute atomic E-state index is 0.0566. The maximum absolute atomic E-state index is 11.0. The van der Waals surface area contributed by atoms with Gasteiger partial charge in [-0.25, -0.2) is 4.98 Å². The Morgan fingerprint density at radius 2 is 2.14 bits per heavy atom. The van der Waals surface area contributed by atoms with Crippen LogP contribution in [-0.2, 0) is 15.3 Å². The van der Waals surface area contributed by atoms with Gasteiger partial charge in [-0.2, -0.15) is 0 Å². The number of amides is 1. The maximum atomic E-state index is 11.0. The predicted molar refractivity (Wildman–Crippen MR) is 92.5 cm³/mol. The Bertz CT molecular complexity index is 611. The highest BCUT2D eigenvalue weighted by Gasteiger charge is 2.10. The van der Waals surface area contributed by atoms with Crippen molar-refractivity contribution in [3.8, 4) is 0 Å². The van der Waals surface area contributed by atoms with Gasteiger partial charge in [-0.05, 0) is 38.1 Å².